The molecule has 2 amide bonds. The number of rotatable bonds is 5. The first-order valence-electron chi connectivity index (χ1n) is 11.5. The average Bonchev–Trinajstić information content (AvgIpc) is 3.50. The molecule has 0 radical (unpaired) electrons. The maximum absolute atomic E-state index is 12.3. The van der Waals surface area contributed by atoms with E-state index in [9.17, 15) is 9.59 Å². The van der Waals surface area contributed by atoms with Crippen LogP contribution in [0.3, 0.4) is 0 Å². The first-order valence-corrected chi connectivity index (χ1v) is 11.8. The van der Waals surface area contributed by atoms with Gasteiger partial charge in [-0.05, 0) is 55.2 Å². The first kappa shape index (κ1) is 23.0. The summed E-state index contributed by atoms with van der Waals surface area (Å²) in [4.78, 5) is 26.3. The molecule has 3 aromatic rings. The normalized spacial score (nSPS) is 21.0. The van der Waals surface area contributed by atoms with Crippen molar-refractivity contribution in [3.05, 3.63) is 52.8 Å². The number of halogens is 1. The second-order valence-electron chi connectivity index (χ2n) is 9.39. The van der Waals surface area contributed by atoms with E-state index in [-0.39, 0.29) is 28.7 Å². The Balaban J connectivity index is 1.36. The van der Waals surface area contributed by atoms with Gasteiger partial charge in [-0.15, -0.1) is 0 Å². The van der Waals surface area contributed by atoms with Crippen molar-refractivity contribution in [3.8, 4) is 23.1 Å². The van der Waals surface area contributed by atoms with Crippen molar-refractivity contribution < 1.29 is 9.59 Å². The monoisotopic (exact) mass is 491 g/mol. The van der Waals surface area contributed by atoms with E-state index in [0.29, 0.717) is 35.9 Å². The topological polar surface area (TPSA) is 125 Å². The van der Waals surface area contributed by atoms with Crippen LogP contribution in [-0.2, 0) is 11.3 Å². The third-order valence-corrected chi connectivity index (χ3v) is 7.21. The molecule has 5 rings (SSSR count). The Hall–Kier alpha value is -3.77. The van der Waals surface area contributed by atoms with Gasteiger partial charge in [0.15, 0.2) is 0 Å². The summed E-state index contributed by atoms with van der Waals surface area (Å²) >= 11 is 6.09. The van der Waals surface area contributed by atoms with Crippen LogP contribution < -0.4 is 11.5 Å². The van der Waals surface area contributed by atoms with E-state index in [4.69, 9.17) is 28.2 Å². The first-order chi connectivity index (χ1) is 16.8. The lowest BCUT2D eigenvalue weighted by atomic mass is 9.65. The second kappa shape index (κ2) is 8.78. The van der Waals surface area contributed by atoms with Gasteiger partial charge in [-0.25, -0.2) is 4.68 Å². The Morgan fingerprint density at radius 1 is 1.31 bits per heavy atom. The lowest BCUT2D eigenvalue weighted by molar-refractivity contribution is -0.125. The van der Waals surface area contributed by atoms with Gasteiger partial charge >= 0.3 is 0 Å². The van der Waals surface area contributed by atoms with E-state index in [1.54, 1.807) is 22.5 Å². The van der Waals surface area contributed by atoms with Crippen LogP contribution in [0.1, 0.15) is 48.1 Å². The summed E-state index contributed by atoms with van der Waals surface area (Å²) < 4.78 is 3.47. The van der Waals surface area contributed by atoms with Crippen LogP contribution in [-0.4, -0.2) is 49.4 Å². The Bertz CT molecular complexity index is 1370. The van der Waals surface area contributed by atoms with Crippen molar-refractivity contribution in [2.45, 2.75) is 38.8 Å². The zero-order valence-electron chi connectivity index (χ0n) is 19.4. The Morgan fingerprint density at radius 2 is 2.11 bits per heavy atom. The van der Waals surface area contributed by atoms with Gasteiger partial charge in [0.2, 0.25) is 0 Å². The van der Waals surface area contributed by atoms with Gasteiger partial charge in [0, 0.05) is 29.9 Å². The molecule has 10 heteroatoms. The van der Waals surface area contributed by atoms with Gasteiger partial charge in [0.05, 0.1) is 18.8 Å². The summed E-state index contributed by atoms with van der Waals surface area (Å²) in [6.07, 6.45) is 6.05. The minimum absolute atomic E-state index is 0.0377. The van der Waals surface area contributed by atoms with Crippen molar-refractivity contribution in [3.63, 3.8) is 0 Å². The third kappa shape index (κ3) is 4.26. The van der Waals surface area contributed by atoms with Crippen LogP contribution in [0, 0.1) is 17.3 Å². The molecule has 0 atom stereocenters. The zero-order valence-corrected chi connectivity index (χ0v) is 20.1. The number of benzene rings is 1. The molecule has 1 saturated carbocycles. The minimum atomic E-state index is -0.629. The fraction of sp³-hybridized carbons (Fsp3) is 0.360. The van der Waals surface area contributed by atoms with Crippen molar-refractivity contribution in [2.24, 2.45) is 11.1 Å². The smallest absolute Gasteiger partial charge is 0.298 e. The number of anilines is 1. The van der Waals surface area contributed by atoms with Gasteiger partial charge in [0.1, 0.15) is 17.1 Å². The number of hydrogen-bond acceptors (Lipinski definition) is 5. The van der Waals surface area contributed by atoms with E-state index in [2.05, 4.69) is 16.9 Å². The number of nitrogens with zero attached hydrogens (tertiary/aromatic N) is 5. The number of carbonyl (C=O) groups excluding carboxylic acids is 2. The number of primary amides is 1. The molecule has 9 nitrogen and oxygen atoms in total. The molecule has 2 fully saturated rings. The maximum Gasteiger partial charge on any atom is 0.298 e. The van der Waals surface area contributed by atoms with Crippen molar-refractivity contribution >= 4 is 29.2 Å². The van der Waals surface area contributed by atoms with Crippen LogP contribution in [0.2, 0.25) is 5.02 Å². The molecule has 2 aromatic heterocycles. The summed E-state index contributed by atoms with van der Waals surface area (Å²) in [5, 5.41) is 9.78. The molecule has 2 aliphatic rings. The lowest BCUT2D eigenvalue weighted by Gasteiger charge is -2.45. The molecule has 4 N–H and O–H groups in total. The van der Waals surface area contributed by atoms with E-state index in [1.165, 1.54) is 0 Å². The highest BCUT2D eigenvalue weighted by Crippen LogP contribution is 2.54. The summed E-state index contributed by atoms with van der Waals surface area (Å²) in [6, 6.07) is 7.59. The van der Waals surface area contributed by atoms with Crippen molar-refractivity contribution in [2.75, 3.05) is 18.8 Å². The zero-order chi connectivity index (χ0) is 24.7. The molecule has 35 heavy (non-hydrogen) atoms. The summed E-state index contributed by atoms with van der Waals surface area (Å²) in [5.74, 6) is 4.80. The largest absolute Gasteiger partial charge is 0.383 e. The minimum Gasteiger partial charge on any atom is -0.383 e. The van der Waals surface area contributed by atoms with Crippen molar-refractivity contribution in [1.82, 2.24) is 24.5 Å². The van der Waals surface area contributed by atoms with Gasteiger partial charge in [-0.1, -0.05) is 29.7 Å². The quantitative estimate of drug-likeness (QED) is 0.531. The molecule has 180 valence electrons. The number of nitrogen functional groups attached to an aromatic ring is 1. The fourth-order valence-corrected chi connectivity index (χ4v) is 5.52. The molecular formula is C25H26ClN7O2. The number of aromatic nitrogens is 4. The molecule has 1 saturated heterocycles. The van der Waals surface area contributed by atoms with Gasteiger partial charge in [-0.3, -0.25) is 14.3 Å². The van der Waals surface area contributed by atoms with E-state index >= 15 is 0 Å². The van der Waals surface area contributed by atoms with Crippen molar-refractivity contribution in [1.29, 1.82) is 0 Å². The number of likely N-dealkylation sites (tertiary alicyclic amines) is 1. The summed E-state index contributed by atoms with van der Waals surface area (Å²) in [5.41, 5.74) is 14.4. The van der Waals surface area contributed by atoms with Gasteiger partial charge in [-0.2, -0.15) is 10.2 Å². The fourth-order valence-electron chi connectivity index (χ4n) is 5.31. The van der Waals surface area contributed by atoms with E-state index in [0.717, 1.165) is 24.8 Å². The third-order valence-electron chi connectivity index (χ3n) is 6.97. The predicted molar refractivity (Wildman–Crippen MR) is 132 cm³/mol. The Morgan fingerprint density at radius 3 is 2.83 bits per heavy atom. The number of carbonyl (C=O) groups is 2. The van der Waals surface area contributed by atoms with E-state index < -0.39 is 5.91 Å². The van der Waals surface area contributed by atoms with Crippen LogP contribution in [0.25, 0.3) is 11.3 Å². The van der Waals surface area contributed by atoms with Crippen LogP contribution in [0.15, 0.2) is 36.7 Å². The number of amides is 2. The lowest BCUT2D eigenvalue weighted by Crippen LogP contribution is -2.42. The number of nitrogens with two attached hydrogens (primary N) is 2. The van der Waals surface area contributed by atoms with E-state index in [1.807, 2.05) is 35.4 Å². The molecule has 0 bridgehead atoms. The average molecular weight is 492 g/mol. The molecule has 0 unspecified atom stereocenters. The highest BCUT2D eigenvalue weighted by Gasteiger charge is 2.51. The predicted octanol–water partition coefficient (Wildman–Crippen LogP) is 2.71. The standard InChI is InChI=1S/C25H26ClN7O2/c1-2-4-20(34)31-8-7-25(15-31)10-19(11-25)33-23(27)21(24(28)35)22(30-33)17-12-29-32(14-17)13-16-5-3-6-18(26)9-16/h3,5-6,9,12,14,19H,7-8,10-11,13,15,27H2,1H3,(H2,28,35). The number of hydrogen-bond donors (Lipinski definition) is 2. The molecule has 1 spiro atoms. The molecule has 1 aliphatic heterocycles. The SMILES string of the molecule is CC#CC(=O)N1CCC2(CC(n3nc(-c4cnn(Cc5cccc(Cl)c5)c4)c(C(N)=O)c3N)C2)C1. The molecule has 3 heterocycles. The summed E-state index contributed by atoms with van der Waals surface area (Å²) in [7, 11) is 0. The highest BCUT2D eigenvalue weighted by molar-refractivity contribution is 6.30. The van der Waals surface area contributed by atoms with Crippen LogP contribution >= 0.6 is 11.6 Å². The highest BCUT2D eigenvalue weighted by atomic mass is 35.5. The molecule has 1 aromatic carbocycles. The molecule has 1 aliphatic carbocycles. The second-order valence-corrected chi connectivity index (χ2v) is 9.82. The van der Waals surface area contributed by atoms with Gasteiger partial charge in [0.25, 0.3) is 11.8 Å². The Labute approximate surface area is 208 Å². The van der Waals surface area contributed by atoms with Crippen LogP contribution in [0.4, 0.5) is 5.82 Å². The van der Waals surface area contributed by atoms with Gasteiger partial charge < -0.3 is 16.4 Å². The summed E-state index contributed by atoms with van der Waals surface area (Å²) in [6.45, 7) is 3.58. The Kier molecular flexibility index (Phi) is 5.77. The molecular weight excluding hydrogens is 466 g/mol. The maximum atomic E-state index is 12.3. The van der Waals surface area contributed by atoms with Crippen LogP contribution in [0.5, 0.6) is 0 Å².